The molecule has 1 atom stereocenters. The molecule has 0 aliphatic carbocycles. The quantitative estimate of drug-likeness (QED) is 0.280. The molecule has 3 aromatic carbocycles. The lowest BCUT2D eigenvalue weighted by atomic mass is 9.92. The maximum Gasteiger partial charge on any atom is 0.300 e. The summed E-state index contributed by atoms with van der Waals surface area (Å²) in [6.07, 6.45) is 0. The molecule has 1 heterocycles. The number of nitrogens with zero attached hydrogens (tertiary/aromatic N) is 1. The number of carbonyl (C=O) groups is 2. The molecule has 0 saturated carbocycles. The molecule has 0 spiro atoms. The van der Waals surface area contributed by atoms with Gasteiger partial charge in [-0.2, -0.15) is 0 Å². The number of aryl methyl sites for hydroxylation is 2. The number of hydrogen-bond donors (Lipinski definition) is 2. The molecule has 6 nitrogen and oxygen atoms in total. The summed E-state index contributed by atoms with van der Waals surface area (Å²) in [7, 11) is 1.58. The number of carbonyl (C=O) groups excluding carboxylic acids is 2. The zero-order chi connectivity index (χ0) is 25.4. The molecule has 6 heteroatoms. The average Bonchev–Trinajstić information content (AvgIpc) is 3.10. The summed E-state index contributed by atoms with van der Waals surface area (Å²) < 4.78 is 5.45. The van der Waals surface area contributed by atoms with E-state index < -0.39 is 17.7 Å². The first-order valence-electron chi connectivity index (χ1n) is 11.5. The summed E-state index contributed by atoms with van der Waals surface area (Å²) in [6, 6.07) is 16.6. The maximum atomic E-state index is 13.4. The number of ketones is 1. The van der Waals surface area contributed by atoms with E-state index in [1.54, 1.807) is 37.4 Å². The van der Waals surface area contributed by atoms with E-state index in [1.165, 1.54) is 11.0 Å². The SMILES string of the molecule is COc1ccc(/C(O)=C2/C(=O)C(=O)N(c3cc(C)ccc3O)C2c2cccc(C)c2)cc1C(C)C. The van der Waals surface area contributed by atoms with Crippen LogP contribution in [0.25, 0.3) is 5.76 Å². The highest BCUT2D eigenvalue weighted by molar-refractivity contribution is 6.52. The highest BCUT2D eigenvalue weighted by Gasteiger charge is 2.47. The van der Waals surface area contributed by atoms with Gasteiger partial charge in [0.05, 0.1) is 24.4 Å². The molecule has 2 N–H and O–H groups in total. The van der Waals surface area contributed by atoms with Gasteiger partial charge in [0.25, 0.3) is 11.7 Å². The van der Waals surface area contributed by atoms with Gasteiger partial charge >= 0.3 is 0 Å². The second kappa shape index (κ2) is 9.29. The highest BCUT2D eigenvalue weighted by atomic mass is 16.5. The lowest BCUT2D eigenvalue weighted by Crippen LogP contribution is -2.29. The van der Waals surface area contributed by atoms with Crippen LogP contribution in [0.5, 0.6) is 11.5 Å². The summed E-state index contributed by atoms with van der Waals surface area (Å²) in [4.78, 5) is 28.0. The van der Waals surface area contributed by atoms with Crippen molar-refractivity contribution in [3.05, 3.63) is 94.1 Å². The predicted molar refractivity (Wildman–Crippen MR) is 136 cm³/mol. The Balaban J connectivity index is 1.99. The van der Waals surface area contributed by atoms with Crippen LogP contribution in [0.3, 0.4) is 0 Å². The van der Waals surface area contributed by atoms with Gasteiger partial charge in [-0.3, -0.25) is 14.5 Å². The van der Waals surface area contributed by atoms with E-state index in [0.29, 0.717) is 16.9 Å². The van der Waals surface area contributed by atoms with Crippen LogP contribution in [0.4, 0.5) is 5.69 Å². The van der Waals surface area contributed by atoms with Gasteiger partial charge in [-0.15, -0.1) is 0 Å². The minimum absolute atomic E-state index is 0.0265. The van der Waals surface area contributed by atoms with Gasteiger partial charge < -0.3 is 14.9 Å². The van der Waals surface area contributed by atoms with Crippen LogP contribution in [0, 0.1) is 13.8 Å². The van der Waals surface area contributed by atoms with Gasteiger partial charge in [0.2, 0.25) is 0 Å². The van der Waals surface area contributed by atoms with Gasteiger partial charge in [-0.1, -0.05) is 49.7 Å². The average molecular weight is 472 g/mol. The van der Waals surface area contributed by atoms with Crippen molar-refractivity contribution in [3.63, 3.8) is 0 Å². The second-order valence-electron chi connectivity index (χ2n) is 9.19. The Bertz CT molecular complexity index is 1350. The third-order valence-electron chi connectivity index (χ3n) is 6.32. The van der Waals surface area contributed by atoms with Gasteiger partial charge in [0.1, 0.15) is 17.3 Å². The number of hydrogen-bond acceptors (Lipinski definition) is 5. The van der Waals surface area contributed by atoms with E-state index in [2.05, 4.69) is 0 Å². The highest BCUT2D eigenvalue weighted by Crippen LogP contribution is 2.45. The Morgan fingerprint density at radius 3 is 2.34 bits per heavy atom. The number of aliphatic hydroxyl groups excluding tert-OH is 1. The Labute approximate surface area is 205 Å². The molecule has 4 rings (SSSR count). The third-order valence-corrected chi connectivity index (χ3v) is 6.32. The predicted octanol–water partition coefficient (Wildman–Crippen LogP) is 5.77. The number of anilines is 1. The van der Waals surface area contributed by atoms with Crippen molar-refractivity contribution in [2.75, 3.05) is 12.0 Å². The molecule has 35 heavy (non-hydrogen) atoms. The van der Waals surface area contributed by atoms with Crippen LogP contribution < -0.4 is 9.64 Å². The van der Waals surface area contributed by atoms with Crippen molar-refractivity contribution < 1.29 is 24.5 Å². The van der Waals surface area contributed by atoms with E-state index in [-0.39, 0.29) is 28.7 Å². The number of amides is 1. The number of aromatic hydroxyl groups is 1. The van der Waals surface area contributed by atoms with Crippen molar-refractivity contribution in [2.45, 2.75) is 39.7 Å². The summed E-state index contributed by atoms with van der Waals surface area (Å²) >= 11 is 0. The third kappa shape index (κ3) is 4.28. The number of phenols is 1. The standard InChI is InChI=1S/C29H29NO5/c1-16(2)21-15-20(10-12-24(21)35-5)27(32)25-26(19-8-6-7-17(3)13-19)30(29(34)28(25)33)22-14-18(4)9-11-23(22)31/h6-16,26,31-32H,1-5H3/b27-25-. The molecule has 1 unspecified atom stereocenters. The number of phenolic OH excluding ortho intramolecular Hbond substituents is 1. The monoisotopic (exact) mass is 471 g/mol. The van der Waals surface area contributed by atoms with Crippen molar-refractivity contribution >= 4 is 23.1 Å². The van der Waals surface area contributed by atoms with Gasteiger partial charge in [-0.25, -0.2) is 0 Å². The van der Waals surface area contributed by atoms with Crippen molar-refractivity contribution in [1.29, 1.82) is 0 Å². The summed E-state index contributed by atoms with van der Waals surface area (Å²) in [6.45, 7) is 7.77. The van der Waals surface area contributed by atoms with Crippen LogP contribution in [0.1, 0.15) is 53.6 Å². The summed E-state index contributed by atoms with van der Waals surface area (Å²) in [5.41, 5.74) is 3.89. The molecule has 0 radical (unpaired) electrons. The van der Waals surface area contributed by atoms with E-state index in [1.807, 2.05) is 52.0 Å². The molecule has 180 valence electrons. The molecular formula is C29H29NO5. The van der Waals surface area contributed by atoms with Gasteiger partial charge in [0, 0.05) is 5.56 Å². The Morgan fingerprint density at radius 2 is 1.69 bits per heavy atom. The fraction of sp³-hybridized carbons (Fsp3) is 0.241. The fourth-order valence-corrected chi connectivity index (χ4v) is 4.55. The second-order valence-corrected chi connectivity index (χ2v) is 9.19. The van der Waals surface area contributed by atoms with Crippen molar-refractivity contribution in [3.8, 4) is 11.5 Å². The Hall–Kier alpha value is -4.06. The fourth-order valence-electron chi connectivity index (χ4n) is 4.55. The van der Waals surface area contributed by atoms with Crippen molar-refractivity contribution in [2.24, 2.45) is 0 Å². The number of rotatable bonds is 5. The zero-order valence-electron chi connectivity index (χ0n) is 20.5. The first-order valence-corrected chi connectivity index (χ1v) is 11.5. The maximum absolute atomic E-state index is 13.4. The van der Waals surface area contributed by atoms with Gasteiger partial charge in [0.15, 0.2) is 0 Å². The van der Waals surface area contributed by atoms with Crippen LogP contribution in [0.15, 0.2) is 66.2 Å². The van der Waals surface area contributed by atoms with E-state index >= 15 is 0 Å². The molecule has 1 saturated heterocycles. The first kappa shape index (κ1) is 24.1. The molecular weight excluding hydrogens is 442 g/mol. The molecule has 1 amide bonds. The minimum atomic E-state index is -0.910. The largest absolute Gasteiger partial charge is 0.507 e. The molecule has 0 aromatic heterocycles. The minimum Gasteiger partial charge on any atom is -0.507 e. The number of aliphatic hydroxyl groups is 1. The van der Waals surface area contributed by atoms with E-state index in [0.717, 1.165) is 16.7 Å². The number of Topliss-reactive ketones (excluding diaryl/α,β-unsaturated/α-hetero) is 1. The molecule has 1 aliphatic rings. The smallest absolute Gasteiger partial charge is 0.300 e. The summed E-state index contributed by atoms with van der Waals surface area (Å²) in [5.74, 6) is -1.22. The van der Waals surface area contributed by atoms with Crippen LogP contribution in [-0.4, -0.2) is 29.0 Å². The molecule has 1 aliphatic heterocycles. The van der Waals surface area contributed by atoms with Crippen LogP contribution in [-0.2, 0) is 9.59 Å². The first-order chi connectivity index (χ1) is 16.6. The molecule has 3 aromatic rings. The Morgan fingerprint density at radius 1 is 0.971 bits per heavy atom. The lowest BCUT2D eigenvalue weighted by Gasteiger charge is -2.26. The lowest BCUT2D eigenvalue weighted by molar-refractivity contribution is -0.132. The summed E-state index contributed by atoms with van der Waals surface area (Å²) in [5, 5.41) is 22.1. The van der Waals surface area contributed by atoms with E-state index in [9.17, 15) is 19.8 Å². The number of methoxy groups -OCH3 is 1. The molecule has 1 fully saturated rings. The number of ether oxygens (including phenoxy) is 1. The van der Waals surface area contributed by atoms with Crippen molar-refractivity contribution in [1.82, 2.24) is 0 Å². The Kier molecular flexibility index (Phi) is 6.39. The van der Waals surface area contributed by atoms with E-state index in [4.69, 9.17) is 4.74 Å². The van der Waals surface area contributed by atoms with Crippen LogP contribution >= 0.6 is 0 Å². The molecule has 0 bridgehead atoms. The topological polar surface area (TPSA) is 87.1 Å². The number of benzene rings is 3. The normalized spacial score (nSPS) is 17.3. The zero-order valence-corrected chi connectivity index (χ0v) is 20.5. The van der Waals surface area contributed by atoms with Gasteiger partial charge in [-0.05, 0) is 66.8 Å². The van der Waals surface area contributed by atoms with Crippen LogP contribution in [0.2, 0.25) is 0 Å².